The second kappa shape index (κ2) is 6.71. The zero-order chi connectivity index (χ0) is 14.6. The molecule has 0 aliphatic carbocycles. The highest BCUT2D eigenvalue weighted by Gasteiger charge is 2.26. The Bertz CT molecular complexity index is 369. The van der Waals surface area contributed by atoms with Crippen molar-refractivity contribution in [3.63, 3.8) is 0 Å². The van der Waals surface area contributed by atoms with E-state index in [1.165, 1.54) is 10.6 Å². The van der Waals surface area contributed by atoms with Crippen molar-refractivity contribution in [2.45, 2.75) is 60.0 Å². The molecular weight excluding hydrogens is 254 g/mol. The number of nitrogens with one attached hydrogen (secondary N) is 1. The Morgan fingerprint density at radius 3 is 2.47 bits per heavy atom. The van der Waals surface area contributed by atoms with Crippen LogP contribution in [0.5, 0.6) is 0 Å². The molecule has 0 fully saturated rings. The van der Waals surface area contributed by atoms with Crippen LogP contribution in [0.25, 0.3) is 0 Å². The SMILES string of the molecule is CCCc1nc(N(C)C(C)C(C)(C)C)sc1CNC. The summed E-state index contributed by atoms with van der Waals surface area (Å²) >= 11 is 1.83. The van der Waals surface area contributed by atoms with E-state index in [-0.39, 0.29) is 5.41 Å². The Labute approximate surface area is 122 Å². The number of aromatic nitrogens is 1. The third-order valence-electron chi connectivity index (χ3n) is 3.73. The highest BCUT2D eigenvalue weighted by molar-refractivity contribution is 7.15. The molecule has 3 nitrogen and oxygen atoms in total. The van der Waals surface area contributed by atoms with Crippen molar-refractivity contribution < 1.29 is 0 Å². The van der Waals surface area contributed by atoms with Gasteiger partial charge in [-0.05, 0) is 25.8 Å². The first-order chi connectivity index (χ1) is 8.81. The van der Waals surface area contributed by atoms with Crippen molar-refractivity contribution in [2.24, 2.45) is 5.41 Å². The predicted octanol–water partition coefficient (Wildman–Crippen LogP) is 3.69. The van der Waals surface area contributed by atoms with E-state index in [2.05, 4.69) is 51.9 Å². The number of anilines is 1. The Balaban J connectivity index is 2.97. The molecule has 0 radical (unpaired) electrons. The summed E-state index contributed by atoms with van der Waals surface area (Å²) in [4.78, 5) is 8.56. The fourth-order valence-electron chi connectivity index (χ4n) is 2.00. The van der Waals surface area contributed by atoms with Crippen molar-refractivity contribution in [1.82, 2.24) is 10.3 Å². The first-order valence-corrected chi connectivity index (χ1v) is 7.98. The first-order valence-electron chi connectivity index (χ1n) is 7.17. The minimum absolute atomic E-state index is 0.258. The van der Waals surface area contributed by atoms with Gasteiger partial charge in [-0.15, -0.1) is 11.3 Å². The zero-order valence-corrected chi connectivity index (χ0v) is 14.3. The van der Waals surface area contributed by atoms with Crippen LogP contribution in [0.15, 0.2) is 0 Å². The van der Waals surface area contributed by atoms with Gasteiger partial charge in [-0.3, -0.25) is 0 Å². The minimum atomic E-state index is 0.258. The largest absolute Gasteiger partial charge is 0.348 e. The van der Waals surface area contributed by atoms with Gasteiger partial charge in [0.1, 0.15) is 0 Å². The average Bonchev–Trinajstić information content (AvgIpc) is 2.70. The summed E-state index contributed by atoms with van der Waals surface area (Å²) in [5, 5.41) is 4.40. The molecule has 1 aromatic rings. The topological polar surface area (TPSA) is 28.2 Å². The molecule has 0 aliphatic heterocycles. The van der Waals surface area contributed by atoms with Crippen molar-refractivity contribution in [2.75, 3.05) is 19.0 Å². The number of aryl methyl sites for hydroxylation is 1. The Hall–Kier alpha value is -0.610. The highest BCUT2D eigenvalue weighted by atomic mass is 32.1. The number of nitrogens with zero attached hydrogens (tertiary/aromatic N) is 2. The van der Waals surface area contributed by atoms with E-state index in [0.717, 1.165) is 24.5 Å². The summed E-state index contributed by atoms with van der Waals surface area (Å²) < 4.78 is 0. The molecule has 0 saturated carbocycles. The van der Waals surface area contributed by atoms with Crippen LogP contribution in [0.3, 0.4) is 0 Å². The van der Waals surface area contributed by atoms with E-state index in [0.29, 0.717) is 6.04 Å². The molecule has 0 amide bonds. The van der Waals surface area contributed by atoms with Crippen molar-refractivity contribution >= 4 is 16.5 Å². The molecule has 0 bridgehead atoms. The van der Waals surface area contributed by atoms with E-state index in [4.69, 9.17) is 4.98 Å². The van der Waals surface area contributed by atoms with E-state index in [1.807, 2.05) is 18.4 Å². The molecular formula is C15H29N3S. The monoisotopic (exact) mass is 283 g/mol. The Morgan fingerprint density at radius 1 is 1.37 bits per heavy atom. The van der Waals surface area contributed by atoms with E-state index < -0.39 is 0 Å². The number of rotatable bonds is 6. The molecule has 0 aromatic carbocycles. The number of hydrogen-bond acceptors (Lipinski definition) is 4. The quantitative estimate of drug-likeness (QED) is 0.863. The van der Waals surface area contributed by atoms with Gasteiger partial charge in [0.05, 0.1) is 5.69 Å². The molecule has 1 rings (SSSR count). The molecule has 1 unspecified atom stereocenters. The van der Waals surface area contributed by atoms with Crippen molar-refractivity contribution in [3.05, 3.63) is 10.6 Å². The fourth-order valence-corrected chi connectivity index (χ4v) is 3.16. The van der Waals surface area contributed by atoms with Gasteiger partial charge >= 0.3 is 0 Å². The fraction of sp³-hybridized carbons (Fsp3) is 0.800. The first kappa shape index (κ1) is 16.4. The highest BCUT2D eigenvalue weighted by Crippen LogP contribution is 2.32. The Kier molecular flexibility index (Phi) is 5.81. The summed E-state index contributed by atoms with van der Waals surface area (Å²) in [7, 11) is 4.16. The average molecular weight is 283 g/mol. The molecule has 110 valence electrons. The van der Waals surface area contributed by atoms with E-state index in [9.17, 15) is 0 Å². The Morgan fingerprint density at radius 2 is 2.00 bits per heavy atom. The summed E-state index contributed by atoms with van der Waals surface area (Å²) in [6.45, 7) is 12.3. The third kappa shape index (κ3) is 4.18. The van der Waals surface area contributed by atoms with Crippen LogP contribution in [-0.2, 0) is 13.0 Å². The summed E-state index contributed by atoms with van der Waals surface area (Å²) in [6, 6.07) is 0.468. The van der Waals surface area contributed by atoms with Crippen molar-refractivity contribution in [3.8, 4) is 0 Å². The number of hydrogen-bond donors (Lipinski definition) is 1. The maximum absolute atomic E-state index is 4.86. The van der Waals surface area contributed by atoms with Crippen LogP contribution in [-0.4, -0.2) is 25.1 Å². The van der Waals surface area contributed by atoms with Gasteiger partial charge < -0.3 is 10.2 Å². The van der Waals surface area contributed by atoms with Gasteiger partial charge in [0.2, 0.25) is 0 Å². The summed E-state index contributed by atoms with van der Waals surface area (Å²) in [5.74, 6) is 0. The van der Waals surface area contributed by atoms with Gasteiger partial charge in [-0.2, -0.15) is 0 Å². The molecule has 1 heterocycles. The smallest absolute Gasteiger partial charge is 0.185 e. The lowest BCUT2D eigenvalue weighted by Gasteiger charge is -2.35. The second-order valence-corrected chi connectivity index (χ2v) is 7.36. The van der Waals surface area contributed by atoms with Crippen molar-refractivity contribution in [1.29, 1.82) is 0 Å². The molecule has 0 aliphatic rings. The molecule has 0 saturated heterocycles. The predicted molar refractivity (Wildman–Crippen MR) is 86.2 cm³/mol. The second-order valence-electron chi connectivity index (χ2n) is 6.30. The van der Waals surface area contributed by atoms with Crippen LogP contribution in [0, 0.1) is 5.41 Å². The third-order valence-corrected chi connectivity index (χ3v) is 4.92. The summed E-state index contributed by atoms with van der Waals surface area (Å²) in [5.41, 5.74) is 1.53. The zero-order valence-electron chi connectivity index (χ0n) is 13.5. The van der Waals surface area contributed by atoms with Crippen LogP contribution in [0.2, 0.25) is 0 Å². The van der Waals surface area contributed by atoms with Gasteiger partial charge in [-0.1, -0.05) is 34.1 Å². The van der Waals surface area contributed by atoms with Crippen LogP contribution in [0.4, 0.5) is 5.13 Å². The van der Waals surface area contributed by atoms with E-state index >= 15 is 0 Å². The maximum atomic E-state index is 4.86. The number of thiazole rings is 1. The summed E-state index contributed by atoms with van der Waals surface area (Å²) in [6.07, 6.45) is 2.23. The molecule has 0 spiro atoms. The minimum Gasteiger partial charge on any atom is -0.348 e. The molecule has 1 N–H and O–H groups in total. The normalized spacial score (nSPS) is 13.6. The van der Waals surface area contributed by atoms with Gasteiger partial charge in [0, 0.05) is 24.5 Å². The van der Waals surface area contributed by atoms with E-state index in [1.54, 1.807) is 0 Å². The molecule has 4 heteroatoms. The lowest BCUT2D eigenvalue weighted by atomic mass is 9.87. The van der Waals surface area contributed by atoms with Gasteiger partial charge in [-0.25, -0.2) is 4.98 Å². The molecule has 19 heavy (non-hydrogen) atoms. The maximum Gasteiger partial charge on any atom is 0.185 e. The molecule has 1 aromatic heterocycles. The van der Waals surface area contributed by atoms with Gasteiger partial charge in [0.15, 0.2) is 5.13 Å². The van der Waals surface area contributed by atoms with Crippen LogP contribution in [0.1, 0.15) is 51.6 Å². The van der Waals surface area contributed by atoms with Crippen LogP contribution < -0.4 is 10.2 Å². The van der Waals surface area contributed by atoms with Crippen LogP contribution >= 0.6 is 11.3 Å². The standard InChI is InChI=1S/C15H29N3S/c1-8-9-12-13(10-16-6)19-14(17-12)18(7)11(2)15(3,4)5/h11,16H,8-10H2,1-7H3. The lowest BCUT2D eigenvalue weighted by molar-refractivity contribution is 0.329. The van der Waals surface area contributed by atoms with Gasteiger partial charge in [0.25, 0.3) is 0 Å². The lowest BCUT2D eigenvalue weighted by Crippen LogP contribution is -2.39. The molecule has 1 atom stereocenters.